The summed E-state index contributed by atoms with van der Waals surface area (Å²) in [5, 5.41) is 8.05. The van der Waals surface area contributed by atoms with Crippen LogP contribution in [0, 0.1) is 0 Å². The highest BCUT2D eigenvalue weighted by Gasteiger charge is 2.42. The number of hydrogen-bond acceptors (Lipinski definition) is 6. The summed E-state index contributed by atoms with van der Waals surface area (Å²) in [5.41, 5.74) is 0.679. The molecule has 2 aromatic carbocycles. The third-order valence-electron chi connectivity index (χ3n) is 6.30. The van der Waals surface area contributed by atoms with Crippen molar-refractivity contribution in [1.29, 1.82) is 0 Å². The number of hydrogen-bond donors (Lipinski definition) is 3. The predicted molar refractivity (Wildman–Crippen MR) is 131 cm³/mol. The van der Waals surface area contributed by atoms with E-state index in [2.05, 4.69) is 33.0 Å². The van der Waals surface area contributed by atoms with Crippen molar-refractivity contribution in [1.82, 2.24) is 20.9 Å². The Morgan fingerprint density at radius 2 is 1.85 bits per heavy atom. The van der Waals surface area contributed by atoms with E-state index >= 15 is 0 Å². The second-order valence-corrected chi connectivity index (χ2v) is 9.78. The van der Waals surface area contributed by atoms with Crippen LogP contribution in [0.2, 0.25) is 0 Å². The topological polar surface area (TPSA) is 99.8 Å². The Kier molecular flexibility index (Phi) is 7.43. The smallest absolute Gasteiger partial charge is 0.322 e. The van der Waals surface area contributed by atoms with Gasteiger partial charge in [-0.3, -0.25) is 19.8 Å². The summed E-state index contributed by atoms with van der Waals surface area (Å²) in [4.78, 5) is 40.0. The Labute approximate surface area is 203 Å². The van der Waals surface area contributed by atoms with Gasteiger partial charge in [0.1, 0.15) is 11.3 Å². The number of carbonyl (C=O) groups excluding carboxylic acids is 3. The maximum atomic E-state index is 13.2. The van der Waals surface area contributed by atoms with Gasteiger partial charge in [0.15, 0.2) is 0 Å². The van der Waals surface area contributed by atoms with E-state index in [9.17, 15) is 14.4 Å². The van der Waals surface area contributed by atoms with Crippen LogP contribution in [0.4, 0.5) is 4.79 Å². The highest BCUT2D eigenvalue weighted by Crippen LogP contribution is 2.29. The van der Waals surface area contributed by atoms with Crippen LogP contribution in [0.25, 0.3) is 0 Å². The Hall–Kier alpha value is -3.04. The molecule has 0 saturated carbocycles. The van der Waals surface area contributed by atoms with Crippen LogP contribution in [0.1, 0.15) is 41.7 Å². The lowest BCUT2D eigenvalue weighted by Gasteiger charge is -2.28. The number of ether oxygens (including phenoxy) is 1. The van der Waals surface area contributed by atoms with Crippen molar-refractivity contribution in [3.63, 3.8) is 0 Å². The van der Waals surface area contributed by atoms with Gasteiger partial charge in [0, 0.05) is 17.2 Å². The number of methoxy groups -OCH3 is 1. The molecule has 0 unspecified atom stereocenters. The number of carbonyl (C=O) groups is 3. The third kappa shape index (κ3) is 5.37. The van der Waals surface area contributed by atoms with Crippen molar-refractivity contribution < 1.29 is 19.1 Å². The fourth-order valence-electron chi connectivity index (χ4n) is 4.31. The van der Waals surface area contributed by atoms with Gasteiger partial charge >= 0.3 is 6.03 Å². The quantitative estimate of drug-likeness (QED) is 0.375. The molecule has 4 rings (SSSR count). The van der Waals surface area contributed by atoms with E-state index in [4.69, 9.17) is 4.74 Å². The molecule has 2 saturated heterocycles. The monoisotopic (exact) mass is 482 g/mol. The lowest BCUT2D eigenvalue weighted by atomic mass is 10.0. The SMILES string of the molecule is COc1ccc([C@@H](CNC(=O)c2ccccc2SC[C@@]2(C)NC(=O)NC2=O)N2CCCC2)cc1. The van der Waals surface area contributed by atoms with Crippen LogP contribution in [0.3, 0.4) is 0 Å². The van der Waals surface area contributed by atoms with Gasteiger partial charge in [-0.05, 0) is 62.7 Å². The lowest BCUT2D eigenvalue weighted by molar-refractivity contribution is -0.122. The van der Waals surface area contributed by atoms with Crippen LogP contribution in [-0.4, -0.2) is 60.8 Å². The molecule has 0 radical (unpaired) electrons. The number of nitrogens with one attached hydrogen (secondary N) is 3. The Balaban J connectivity index is 1.45. The van der Waals surface area contributed by atoms with Crippen molar-refractivity contribution >= 4 is 29.6 Å². The summed E-state index contributed by atoms with van der Waals surface area (Å²) in [5.74, 6) is 0.599. The first-order chi connectivity index (χ1) is 16.4. The zero-order valence-electron chi connectivity index (χ0n) is 19.4. The van der Waals surface area contributed by atoms with E-state index in [-0.39, 0.29) is 17.9 Å². The second kappa shape index (κ2) is 10.5. The van der Waals surface area contributed by atoms with Crippen LogP contribution in [0.15, 0.2) is 53.4 Å². The largest absolute Gasteiger partial charge is 0.497 e. The maximum Gasteiger partial charge on any atom is 0.322 e. The Morgan fingerprint density at radius 3 is 2.50 bits per heavy atom. The van der Waals surface area contributed by atoms with Crippen molar-refractivity contribution in [2.45, 2.75) is 36.2 Å². The summed E-state index contributed by atoms with van der Waals surface area (Å²) in [6.07, 6.45) is 2.31. The number of rotatable bonds is 9. The van der Waals surface area contributed by atoms with Crippen molar-refractivity contribution in [2.24, 2.45) is 0 Å². The Bertz CT molecular complexity index is 1060. The molecule has 0 spiro atoms. The summed E-state index contributed by atoms with van der Waals surface area (Å²) < 4.78 is 5.29. The minimum absolute atomic E-state index is 0.0773. The molecule has 2 fully saturated rings. The first-order valence-electron chi connectivity index (χ1n) is 11.4. The number of benzene rings is 2. The van der Waals surface area contributed by atoms with Crippen molar-refractivity contribution in [3.8, 4) is 5.75 Å². The van der Waals surface area contributed by atoms with E-state index in [0.717, 1.165) is 42.1 Å². The van der Waals surface area contributed by atoms with Gasteiger partial charge in [0.25, 0.3) is 11.8 Å². The molecule has 0 aromatic heterocycles. The fourth-order valence-corrected chi connectivity index (χ4v) is 5.44. The molecule has 3 N–H and O–H groups in total. The summed E-state index contributed by atoms with van der Waals surface area (Å²) in [7, 11) is 1.65. The summed E-state index contributed by atoms with van der Waals surface area (Å²) in [6.45, 7) is 4.18. The number of urea groups is 1. The molecule has 2 aromatic rings. The average Bonchev–Trinajstić information content (AvgIpc) is 3.46. The lowest BCUT2D eigenvalue weighted by Crippen LogP contribution is -2.46. The highest BCUT2D eigenvalue weighted by molar-refractivity contribution is 7.99. The van der Waals surface area contributed by atoms with Crippen LogP contribution < -0.4 is 20.7 Å². The fraction of sp³-hybridized carbons (Fsp3) is 0.400. The van der Waals surface area contributed by atoms with Gasteiger partial charge in [0.05, 0.1) is 18.7 Å². The van der Waals surface area contributed by atoms with Gasteiger partial charge in [-0.25, -0.2) is 4.79 Å². The number of imide groups is 1. The molecule has 180 valence electrons. The van der Waals surface area contributed by atoms with E-state index in [1.54, 1.807) is 20.1 Å². The molecule has 2 atom stereocenters. The van der Waals surface area contributed by atoms with Crippen molar-refractivity contribution in [3.05, 3.63) is 59.7 Å². The van der Waals surface area contributed by atoms with E-state index in [0.29, 0.717) is 17.9 Å². The molecule has 4 amide bonds. The highest BCUT2D eigenvalue weighted by atomic mass is 32.2. The number of amides is 4. The first-order valence-corrected chi connectivity index (χ1v) is 12.4. The van der Waals surface area contributed by atoms with Gasteiger partial charge in [-0.1, -0.05) is 24.3 Å². The molecular weight excluding hydrogens is 452 g/mol. The van der Waals surface area contributed by atoms with Crippen LogP contribution in [0.5, 0.6) is 5.75 Å². The standard InChI is InChI=1S/C25H30N4O4S/c1-25(23(31)27-24(32)28-25)16-34-21-8-4-3-7-19(21)22(30)26-15-20(29-13-5-6-14-29)17-9-11-18(33-2)12-10-17/h3-4,7-12,20H,5-6,13-16H2,1-2H3,(H,26,30)(H2,27,28,31,32)/t20-,25-/m1/s1. The summed E-state index contributed by atoms with van der Waals surface area (Å²) in [6, 6.07) is 14.9. The van der Waals surface area contributed by atoms with Crippen LogP contribution >= 0.6 is 11.8 Å². The van der Waals surface area contributed by atoms with Gasteiger partial charge in [-0.15, -0.1) is 11.8 Å². The molecule has 0 bridgehead atoms. The predicted octanol–water partition coefficient (Wildman–Crippen LogP) is 2.95. The van der Waals surface area contributed by atoms with E-state index < -0.39 is 11.6 Å². The average molecular weight is 483 g/mol. The number of likely N-dealkylation sites (tertiary alicyclic amines) is 1. The Morgan fingerprint density at radius 1 is 1.15 bits per heavy atom. The molecule has 8 nitrogen and oxygen atoms in total. The third-order valence-corrected chi connectivity index (χ3v) is 7.69. The molecule has 2 aliphatic rings. The summed E-state index contributed by atoms with van der Waals surface area (Å²) >= 11 is 1.38. The normalized spacial score (nSPS) is 21.1. The minimum atomic E-state index is -1.01. The van der Waals surface area contributed by atoms with E-state index in [1.165, 1.54) is 11.8 Å². The number of nitrogens with zero attached hydrogens (tertiary/aromatic N) is 1. The molecular formula is C25H30N4O4S. The molecule has 34 heavy (non-hydrogen) atoms. The first kappa shape index (κ1) is 24.1. The van der Waals surface area contributed by atoms with Gasteiger partial charge < -0.3 is 15.4 Å². The number of thioether (sulfide) groups is 1. The van der Waals surface area contributed by atoms with Crippen molar-refractivity contribution in [2.75, 3.05) is 32.5 Å². The van der Waals surface area contributed by atoms with Crippen LogP contribution in [-0.2, 0) is 4.79 Å². The molecule has 0 aliphatic carbocycles. The van der Waals surface area contributed by atoms with E-state index in [1.807, 2.05) is 30.3 Å². The zero-order chi connectivity index (χ0) is 24.1. The molecule has 2 heterocycles. The van der Waals surface area contributed by atoms with Gasteiger partial charge in [0.2, 0.25) is 0 Å². The zero-order valence-corrected chi connectivity index (χ0v) is 20.2. The second-order valence-electron chi connectivity index (χ2n) is 8.77. The van der Waals surface area contributed by atoms with Gasteiger partial charge in [-0.2, -0.15) is 0 Å². The minimum Gasteiger partial charge on any atom is -0.497 e. The maximum absolute atomic E-state index is 13.2. The molecule has 2 aliphatic heterocycles. The molecule has 9 heteroatoms.